The topological polar surface area (TPSA) is 30.7 Å². The van der Waals surface area contributed by atoms with Crippen molar-refractivity contribution < 1.29 is 31.2 Å². The Balaban J connectivity index is 0.00000320. The number of hydrogen-bond donors (Lipinski definition) is 0. The lowest BCUT2D eigenvalue weighted by atomic mass is 9.92. The molecule has 2 aromatic rings. The van der Waals surface area contributed by atoms with Crippen LogP contribution in [-0.4, -0.2) is 38.2 Å². The Labute approximate surface area is 187 Å². The van der Waals surface area contributed by atoms with Gasteiger partial charge in [0.1, 0.15) is 12.3 Å². The molecular formula is C25H34ClNO3. The van der Waals surface area contributed by atoms with E-state index in [2.05, 4.69) is 35.8 Å². The minimum absolute atomic E-state index is 0. The summed E-state index contributed by atoms with van der Waals surface area (Å²) in [6.45, 7) is 4.20. The largest absolute Gasteiger partial charge is 1.00 e. The summed E-state index contributed by atoms with van der Waals surface area (Å²) in [4.78, 5) is 0. The molecule has 0 aromatic heterocycles. The van der Waals surface area contributed by atoms with Crippen molar-refractivity contribution in [1.82, 2.24) is 0 Å². The highest BCUT2D eigenvalue weighted by Crippen LogP contribution is 2.33. The average molecular weight is 432 g/mol. The first-order valence-electron chi connectivity index (χ1n) is 10.7. The smallest absolute Gasteiger partial charge is 0.184 e. The Kier molecular flexibility index (Phi) is 9.51. The molecule has 5 heteroatoms. The molecule has 0 fully saturated rings. The molecule has 164 valence electrons. The molecule has 0 amide bonds. The fourth-order valence-corrected chi connectivity index (χ4v) is 4.10. The highest BCUT2D eigenvalue weighted by atomic mass is 35.5. The zero-order valence-corrected chi connectivity index (χ0v) is 19.4. The lowest BCUT2D eigenvalue weighted by Gasteiger charge is -2.21. The van der Waals surface area contributed by atoms with Gasteiger partial charge in [0.15, 0.2) is 23.8 Å². The van der Waals surface area contributed by atoms with Gasteiger partial charge in [0, 0.05) is 24.0 Å². The summed E-state index contributed by atoms with van der Waals surface area (Å²) in [5, 5.41) is 0. The van der Waals surface area contributed by atoms with Crippen LogP contribution in [0, 0.1) is 0 Å². The van der Waals surface area contributed by atoms with Crippen molar-refractivity contribution in [2.24, 2.45) is 0 Å². The molecule has 0 bridgehead atoms. The molecule has 0 N–H and O–H groups in total. The Bertz CT molecular complexity index is 846. The highest BCUT2D eigenvalue weighted by Gasteiger charge is 2.27. The third-order valence-electron chi connectivity index (χ3n) is 5.75. The van der Waals surface area contributed by atoms with E-state index in [1.165, 1.54) is 48.1 Å². The Morgan fingerprint density at radius 1 is 0.867 bits per heavy atom. The number of unbranched alkanes of at least 4 members (excludes halogenated alkanes) is 3. The van der Waals surface area contributed by atoms with Gasteiger partial charge < -0.3 is 26.6 Å². The predicted molar refractivity (Wildman–Crippen MR) is 118 cm³/mol. The normalized spacial score (nSPS) is 12.8. The van der Waals surface area contributed by atoms with Crippen molar-refractivity contribution in [2.45, 2.75) is 52.0 Å². The van der Waals surface area contributed by atoms with Crippen LogP contribution in [0.15, 0.2) is 36.4 Å². The second-order valence-corrected chi connectivity index (χ2v) is 7.64. The summed E-state index contributed by atoms with van der Waals surface area (Å²) in [5.74, 6) is 2.53. The summed E-state index contributed by atoms with van der Waals surface area (Å²) in [6.07, 6.45) is 7.16. The lowest BCUT2D eigenvalue weighted by molar-refractivity contribution is -0.545. The van der Waals surface area contributed by atoms with Gasteiger partial charge in [0.05, 0.1) is 21.3 Å². The van der Waals surface area contributed by atoms with Crippen molar-refractivity contribution in [2.75, 3.05) is 27.9 Å². The summed E-state index contributed by atoms with van der Waals surface area (Å²) < 4.78 is 19.0. The molecule has 0 atom stereocenters. The fraction of sp³-hybridized carbons (Fsp3) is 0.480. The fourth-order valence-electron chi connectivity index (χ4n) is 4.10. The van der Waals surface area contributed by atoms with Gasteiger partial charge in [-0.3, -0.25) is 0 Å². The average Bonchev–Trinajstić information content (AvgIpc) is 2.77. The second-order valence-electron chi connectivity index (χ2n) is 7.64. The van der Waals surface area contributed by atoms with Crippen molar-refractivity contribution in [3.8, 4) is 17.2 Å². The van der Waals surface area contributed by atoms with Crippen molar-refractivity contribution >= 4 is 5.71 Å². The van der Waals surface area contributed by atoms with Crippen LogP contribution in [0.5, 0.6) is 17.2 Å². The van der Waals surface area contributed by atoms with Crippen molar-refractivity contribution in [3.63, 3.8) is 0 Å². The summed E-state index contributed by atoms with van der Waals surface area (Å²) in [5.41, 5.74) is 5.41. The molecule has 1 aliphatic rings. The van der Waals surface area contributed by atoms with Crippen LogP contribution in [0.1, 0.15) is 55.7 Å². The van der Waals surface area contributed by atoms with Crippen LogP contribution in [0.2, 0.25) is 0 Å². The molecule has 0 saturated carbocycles. The molecule has 0 saturated heterocycles. The van der Waals surface area contributed by atoms with Gasteiger partial charge in [-0.2, -0.15) is 0 Å². The van der Waals surface area contributed by atoms with Gasteiger partial charge >= 0.3 is 0 Å². The highest BCUT2D eigenvalue weighted by molar-refractivity contribution is 5.99. The number of nitrogens with zero attached hydrogens (tertiary/aromatic N) is 1. The summed E-state index contributed by atoms with van der Waals surface area (Å²) >= 11 is 0. The first-order valence-corrected chi connectivity index (χ1v) is 10.7. The Morgan fingerprint density at radius 3 is 2.20 bits per heavy atom. The zero-order chi connectivity index (χ0) is 20.6. The maximum absolute atomic E-state index is 5.60. The molecular weight excluding hydrogens is 398 g/mol. The zero-order valence-electron chi connectivity index (χ0n) is 18.7. The number of methoxy groups -OCH3 is 3. The number of rotatable bonds is 10. The molecule has 4 nitrogen and oxygen atoms in total. The van der Waals surface area contributed by atoms with Gasteiger partial charge in [-0.15, -0.1) is 0 Å². The number of halogens is 1. The van der Waals surface area contributed by atoms with Crippen LogP contribution in [0.4, 0.5) is 0 Å². The third kappa shape index (κ3) is 5.69. The van der Waals surface area contributed by atoms with E-state index in [4.69, 9.17) is 14.2 Å². The van der Waals surface area contributed by atoms with Crippen LogP contribution in [0.3, 0.4) is 0 Å². The first-order chi connectivity index (χ1) is 14.2. The van der Waals surface area contributed by atoms with Crippen LogP contribution < -0.4 is 26.6 Å². The SMILES string of the molecule is CCCCCCC1=[N+](Cc2ccc(OC)cc2)CCc2cc(OC)c(OC)cc21.[Cl-]. The molecule has 0 radical (unpaired) electrons. The van der Waals surface area contributed by atoms with E-state index < -0.39 is 0 Å². The van der Waals surface area contributed by atoms with Crippen LogP contribution >= 0.6 is 0 Å². The van der Waals surface area contributed by atoms with Gasteiger partial charge in [-0.25, -0.2) is 4.58 Å². The number of hydrogen-bond acceptors (Lipinski definition) is 3. The van der Waals surface area contributed by atoms with Crippen LogP contribution in [0.25, 0.3) is 0 Å². The maximum atomic E-state index is 5.60. The number of fused-ring (bicyclic) bond motifs is 1. The lowest BCUT2D eigenvalue weighted by Crippen LogP contribution is -3.00. The first kappa shape index (κ1) is 24.1. The summed E-state index contributed by atoms with van der Waals surface area (Å²) in [6, 6.07) is 12.7. The molecule has 0 aliphatic carbocycles. The summed E-state index contributed by atoms with van der Waals surface area (Å²) in [7, 11) is 5.13. The van der Waals surface area contributed by atoms with Gasteiger partial charge in [0.2, 0.25) is 0 Å². The molecule has 1 heterocycles. The molecule has 0 spiro atoms. The predicted octanol–water partition coefficient (Wildman–Crippen LogP) is 2.24. The second kappa shape index (κ2) is 11.8. The molecule has 0 unspecified atom stereocenters. The standard InChI is InChI=1S/C25H34NO3.ClH/c1-5-6-7-8-9-23-22-17-25(29-4)24(28-3)16-20(22)14-15-26(23)18-19-10-12-21(27-2)13-11-19;/h10-13,16-17H,5-9,14-15,18H2,1-4H3;1H/q+1;/p-1. The Morgan fingerprint density at radius 2 is 1.57 bits per heavy atom. The van der Waals surface area contributed by atoms with E-state index in [9.17, 15) is 0 Å². The molecule has 2 aromatic carbocycles. The van der Waals surface area contributed by atoms with Gasteiger partial charge in [-0.1, -0.05) is 26.2 Å². The van der Waals surface area contributed by atoms with E-state index >= 15 is 0 Å². The molecule has 30 heavy (non-hydrogen) atoms. The van der Waals surface area contributed by atoms with E-state index in [0.29, 0.717) is 0 Å². The number of ether oxygens (including phenoxy) is 3. The Hall–Kier alpha value is -2.20. The monoisotopic (exact) mass is 431 g/mol. The maximum Gasteiger partial charge on any atom is 0.184 e. The third-order valence-corrected chi connectivity index (χ3v) is 5.75. The minimum atomic E-state index is 0. The van der Waals surface area contributed by atoms with E-state index in [1.807, 2.05) is 12.1 Å². The van der Waals surface area contributed by atoms with E-state index in [0.717, 1.165) is 43.2 Å². The van der Waals surface area contributed by atoms with Crippen LogP contribution in [-0.2, 0) is 13.0 Å². The minimum Gasteiger partial charge on any atom is -1.00 e. The quantitative estimate of drug-likeness (QED) is 0.427. The molecule has 3 rings (SSSR count). The molecule has 1 aliphatic heterocycles. The number of benzene rings is 2. The van der Waals surface area contributed by atoms with E-state index in [-0.39, 0.29) is 12.4 Å². The van der Waals surface area contributed by atoms with Crippen molar-refractivity contribution in [1.29, 1.82) is 0 Å². The van der Waals surface area contributed by atoms with Gasteiger partial charge in [0.25, 0.3) is 0 Å². The van der Waals surface area contributed by atoms with Crippen molar-refractivity contribution in [3.05, 3.63) is 53.1 Å². The van der Waals surface area contributed by atoms with E-state index in [1.54, 1.807) is 21.3 Å². The van der Waals surface area contributed by atoms with Gasteiger partial charge in [-0.05, 0) is 48.4 Å².